The van der Waals surface area contributed by atoms with Crippen molar-refractivity contribution >= 4 is 15.8 Å². The molecule has 0 aliphatic rings. The topological polar surface area (TPSA) is 85.1 Å². The summed E-state index contributed by atoms with van der Waals surface area (Å²) in [6.07, 6.45) is 1.45. The molecule has 1 atom stereocenters. The van der Waals surface area contributed by atoms with Gasteiger partial charge in [-0.3, -0.25) is 0 Å². The third kappa shape index (κ3) is 3.10. The molecular formula is C13H15N3O2S. The monoisotopic (exact) mass is 277 g/mol. The normalized spacial score (nSPS) is 13.1. The average Bonchev–Trinajstić information content (AvgIpc) is 2.39. The Labute approximate surface area is 112 Å². The van der Waals surface area contributed by atoms with E-state index in [1.807, 2.05) is 30.3 Å². The Balaban J connectivity index is 2.26. The second-order valence-corrected chi connectivity index (χ2v) is 5.82. The van der Waals surface area contributed by atoms with Gasteiger partial charge in [-0.05, 0) is 24.6 Å². The summed E-state index contributed by atoms with van der Waals surface area (Å²) in [5.41, 5.74) is 6.47. The van der Waals surface area contributed by atoms with Gasteiger partial charge >= 0.3 is 0 Å². The molecule has 19 heavy (non-hydrogen) atoms. The Morgan fingerprint density at radius 2 is 1.84 bits per heavy atom. The van der Waals surface area contributed by atoms with Crippen LogP contribution >= 0.6 is 0 Å². The minimum absolute atomic E-state index is 0.00205. The first-order valence-electron chi connectivity index (χ1n) is 5.78. The predicted molar refractivity (Wildman–Crippen MR) is 73.8 cm³/mol. The Morgan fingerprint density at radius 1 is 1.16 bits per heavy atom. The average molecular weight is 277 g/mol. The number of aromatic nitrogens is 1. The number of nitrogens with two attached hydrogens (primary N) is 1. The van der Waals surface area contributed by atoms with E-state index >= 15 is 0 Å². The number of benzene rings is 1. The lowest BCUT2D eigenvalue weighted by molar-refractivity contribution is 0.567. The zero-order chi connectivity index (χ0) is 13.9. The zero-order valence-electron chi connectivity index (χ0n) is 10.4. The summed E-state index contributed by atoms with van der Waals surface area (Å²) in [5, 5.41) is 0. The number of sulfonamides is 1. The Morgan fingerprint density at radius 3 is 2.47 bits per heavy atom. The minimum Gasteiger partial charge on any atom is -0.383 e. The minimum atomic E-state index is -3.68. The van der Waals surface area contributed by atoms with Crippen LogP contribution in [0, 0.1) is 0 Å². The Kier molecular flexibility index (Phi) is 3.82. The zero-order valence-corrected chi connectivity index (χ0v) is 11.3. The standard InChI is InChI=1S/C13H15N3O2S/c1-10(11-6-3-2-4-7-11)16-19(17,18)12-8-5-9-15-13(12)14/h2-10,16H,1H3,(H2,14,15)/t10-/m1/s1. The van der Waals surface area contributed by atoms with Crippen molar-refractivity contribution in [3.8, 4) is 0 Å². The van der Waals surface area contributed by atoms with E-state index in [1.54, 1.807) is 6.92 Å². The molecule has 5 nitrogen and oxygen atoms in total. The molecule has 1 aromatic carbocycles. The summed E-state index contributed by atoms with van der Waals surface area (Å²) in [6, 6.07) is 12.0. The Bertz CT molecular complexity index is 657. The predicted octanol–water partition coefficient (Wildman–Crippen LogP) is 1.70. The van der Waals surface area contributed by atoms with Crippen LogP contribution in [0.1, 0.15) is 18.5 Å². The molecule has 0 aliphatic carbocycles. The molecule has 1 aromatic heterocycles. The number of rotatable bonds is 4. The van der Waals surface area contributed by atoms with Crippen LogP contribution in [0.2, 0.25) is 0 Å². The van der Waals surface area contributed by atoms with Crippen molar-refractivity contribution in [1.82, 2.24) is 9.71 Å². The first-order valence-corrected chi connectivity index (χ1v) is 7.27. The molecular weight excluding hydrogens is 262 g/mol. The van der Waals surface area contributed by atoms with E-state index in [-0.39, 0.29) is 16.8 Å². The van der Waals surface area contributed by atoms with E-state index in [9.17, 15) is 8.42 Å². The maximum atomic E-state index is 12.2. The third-order valence-electron chi connectivity index (χ3n) is 2.72. The van der Waals surface area contributed by atoms with Crippen LogP contribution in [0.4, 0.5) is 5.82 Å². The van der Waals surface area contributed by atoms with Crippen molar-refractivity contribution in [2.45, 2.75) is 17.9 Å². The SMILES string of the molecule is C[C@@H](NS(=O)(=O)c1cccnc1N)c1ccccc1. The van der Waals surface area contributed by atoms with Crippen LogP contribution in [0.15, 0.2) is 53.6 Å². The number of hydrogen-bond acceptors (Lipinski definition) is 4. The number of hydrogen-bond donors (Lipinski definition) is 2. The number of nitrogen functional groups attached to an aromatic ring is 1. The highest BCUT2D eigenvalue weighted by atomic mass is 32.2. The van der Waals surface area contributed by atoms with Gasteiger partial charge in [0.25, 0.3) is 0 Å². The van der Waals surface area contributed by atoms with E-state index in [1.165, 1.54) is 18.3 Å². The van der Waals surface area contributed by atoms with Crippen LogP contribution in [-0.2, 0) is 10.0 Å². The Hall–Kier alpha value is -1.92. The molecule has 0 fully saturated rings. The van der Waals surface area contributed by atoms with E-state index in [0.29, 0.717) is 0 Å². The van der Waals surface area contributed by atoms with Gasteiger partial charge in [-0.25, -0.2) is 18.1 Å². The fourth-order valence-electron chi connectivity index (χ4n) is 1.74. The molecule has 0 saturated heterocycles. The highest BCUT2D eigenvalue weighted by Crippen LogP contribution is 2.19. The second kappa shape index (κ2) is 5.38. The maximum Gasteiger partial charge on any atom is 0.244 e. The molecule has 0 bridgehead atoms. The van der Waals surface area contributed by atoms with Gasteiger partial charge in [0, 0.05) is 12.2 Å². The number of nitrogens with one attached hydrogen (secondary N) is 1. The van der Waals surface area contributed by atoms with Crippen molar-refractivity contribution in [2.24, 2.45) is 0 Å². The maximum absolute atomic E-state index is 12.2. The smallest absolute Gasteiger partial charge is 0.244 e. The van der Waals surface area contributed by atoms with Gasteiger partial charge in [-0.15, -0.1) is 0 Å². The molecule has 3 N–H and O–H groups in total. The third-order valence-corrected chi connectivity index (χ3v) is 4.31. The molecule has 0 amide bonds. The van der Waals surface area contributed by atoms with E-state index in [0.717, 1.165) is 5.56 Å². The van der Waals surface area contributed by atoms with Gasteiger partial charge in [0.15, 0.2) is 0 Å². The summed E-state index contributed by atoms with van der Waals surface area (Å²) in [5.74, 6) is -0.00439. The number of nitrogens with zero attached hydrogens (tertiary/aromatic N) is 1. The largest absolute Gasteiger partial charge is 0.383 e. The summed E-state index contributed by atoms with van der Waals surface area (Å²) in [4.78, 5) is 3.78. The van der Waals surface area contributed by atoms with Crippen LogP contribution < -0.4 is 10.5 Å². The van der Waals surface area contributed by atoms with Crippen molar-refractivity contribution in [2.75, 3.05) is 5.73 Å². The van der Waals surface area contributed by atoms with Crippen LogP contribution in [0.5, 0.6) is 0 Å². The number of pyridine rings is 1. The molecule has 2 aromatic rings. The van der Waals surface area contributed by atoms with Crippen molar-refractivity contribution in [3.05, 3.63) is 54.2 Å². The number of anilines is 1. The molecule has 1 heterocycles. The summed E-state index contributed by atoms with van der Waals surface area (Å²) >= 11 is 0. The lowest BCUT2D eigenvalue weighted by Gasteiger charge is -2.15. The van der Waals surface area contributed by atoms with Gasteiger partial charge in [-0.1, -0.05) is 30.3 Å². The summed E-state index contributed by atoms with van der Waals surface area (Å²) in [7, 11) is -3.68. The van der Waals surface area contributed by atoms with Gasteiger partial charge in [-0.2, -0.15) is 0 Å². The molecule has 6 heteroatoms. The van der Waals surface area contributed by atoms with Crippen molar-refractivity contribution < 1.29 is 8.42 Å². The summed E-state index contributed by atoms with van der Waals surface area (Å²) < 4.78 is 27.0. The van der Waals surface area contributed by atoms with Gasteiger partial charge in [0.1, 0.15) is 10.7 Å². The first-order chi connectivity index (χ1) is 9.00. The highest BCUT2D eigenvalue weighted by Gasteiger charge is 2.20. The van der Waals surface area contributed by atoms with Gasteiger partial charge < -0.3 is 5.73 Å². The van der Waals surface area contributed by atoms with Crippen LogP contribution in [0.25, 0.3) is 0 Å². The van der Waals surface area contributed by atoms with E-state index in [4.69, 9.17) is 5.73 Å². The van der Waals surface area contributed by atoms with Crippen LogP contribution in [0.3, 0.4) is 0 Å². The molecule has 100 valence electrons. The first kappa shape index (κ1) is 13.5. The summed E-state index contributed by atoms with van der Waals surface area (Å²) in [6.45, 7) is 1.78. The van der Waals surface area contributed by atoms with Crippen LogP contribution in [-0.4, -0.2) is 13.4 Å². The van der Waals surface area contributed by atoms with Crippen molar-refractivity contribution in [3.63, 3.8) is 0 Å². The van der Waals surface area contributed by atoms with Crippen molar-refractivity contribution in [1.29, 1.82) is 0 Å². The fraction of sp³-hybridized carbons (Fsp3) is 0.154. The second-order valence-electron chi connectivity index (χ2n) is 4.14. The molecule has 0 radical (unpaired) electrons. The highest BCUT2D eigenvalue weighted by molar-refractivity contribution is 7.89. The molecule has 0 aliphatic heterocycles. The molecule has 0 spiro atoms. The molecule has 2 rings (SSSR count). The quantitative estimate of drug-likeness (QED) is 0.890. The van der Waals surface area contributed by atoms with Gasteiger partial charge in [0.05, 0.1) is 0 Å². The molecule has 0 unspecified atom stereocenters. The lowest BCUT2D eigenvalue weighted by atomic mass is 10.1. The van der Waals surface area contributed by atoms with E-state index in [2.05, 4.69) is 9.71 Å². The lowest BCUT2D eigenvalue weighted by Crippen LogP contribution is -2.27. The van der Waals surface area contributed by atoms with E-state index < -0.39 is 10.0 Å². The molecule has 0 saturated carbocycles. The van der Waals surface area contributed by atoms with Gasteiger partial charge in [0.2, 0.25) is 10.0 Å². The fourth-order valence-corrected chi connectivity index (χ4v) is 3.05.